The van der Waals surface area contributed by atoms with Crippen LogP contribution in [0.25, 0.3) is 0 Å². The predicted octanol–water partition coefficient (Wildman–Crippen LogP) is 11.1. The molecule has 251 valence electrons. The second-order valence-corrected chi connectivity index (χ2v) is 12.2. The Balaban J connectivity index is 0.000000531. The topological polar surface area (TPSA) is 29.5 Å². The van der Waals surface area contributed by atoms with Crippen molar-refractivity contribution in [2.75, 3.05) is 9.80 Å². The van der Waals surface area contributed by atoms with Crippen LogP contribution in [-0.4, -0.2) is 0 Å². The van der Waals surface area contributed by atoms with Crippen LogP contribution in [0.4, 0.5) is 37.7 Å². The molecule has 0 N–H and O–H groups in total. The van der Waals surface area contributed by atoms with Gasteiger partial charge in [-0.2, -0.15) is 26.3 Å². The molecule has 4 rings (SSSR count). The first-order valence-corrected chi connectivity index (χ1v) is 14.6. The maximum absolute atomic E-state index is 12.0. The van der Waals surface area contributed by atoms with Gasteiger partial charge in [-0.3, -0.25) is 0 Å². The van der Waals surface area contributed by atoms with Crippen molar-refractivity contribution >= 4 is 11.4 Å². The van der Waals surface area contributed by atoms with Gasteiger partial charge < -0.3 is 14.9 Å². The molecule has 3 aromatic rings. The quantitative estimate of drug-likeness (QED) is 0.183. The smallest absolute Gasteiger partial charge is 0.872 e. The zero-order valence-electron chi connectivity index (χ0n) is 26.6. The predicted molar refractivity (Wildman–Crippen MR) is 166 cm³/mol. The SMILES string of the molecule is CC(C)c1cccc(C(C)C)c1N1[CH]N(c2c(C(C)C)cccc2C(C)C)C=C1.[Au+].[HH].[O-]c1cc(C(F)(F)F)cc(C(F)(F)F)c1. The van der Waals surface area contributed by atoms with Gasteiger partial charge in [0.05, 0.1) is 11.1 Å². The Morgan fingerprint density at radius 3 is 1.09 bits per heavy atom. The Morgan fingerprint density at radius 2 is 0.844 bits per heavy atom. The number of nitrogens with zero attached hydrogens (tertiary/aromatic N) is 2. The fourth-order valence-corrected chi connectivity index (χ4v) is 5.17. The third kappa shape index (κ3) is 9.33. The summed E-state index contributed by atoms with van der Waals surface area (Å²) < 4.78 is 72.2. The van der Waals surface area contributed by atoms with Crippen LogP contribution in [-0.2, 0) is 34.7 Å². The molecule has 0 atom stereocenters. The average molecular weight is 818 g/mol. The van der Waals surface area contributed by atoms with E-state index in [4.69, 9.17) is 0 Å². The van der Waals surface area contributed by atoms with Gasteiger partial charge in [0.15, 0.2) is 6.67 Å². The largest absolute Gasteiger partial charge is 1.00 e. The number of hydrogen-bond acceptors (Lipinski definition) is 3. The summed E-state index contributed by atoms with van der Waals surface area (Å²) in [5, 5.41) is 10.6. The van der Waals surface area contributed by atoms with Gasteiger partial charge in [-0.1, -0.05) is 104 Å². The van der Waals surface area contributed by atoms with Crippen molar-refractivity contribution in [3.63, 3.8) is 0 Å². The van der Waals surface area contributed by atoms with Gasteiger partial charge in [0.25, 0.3) is 0 Å². The first-order chi connectivity index (χ1) is 20.3. The van der Waals surface area contributed by atoms with Crippen LogP contribution in [0.5, 0.6) is 5.75 Å². The molecule has 0 saturated carbocycles. The van der Waals surface area contributed by atoms with Gasteiger partial charge in [-0.15, -0.1) is 5.75 Å². The van der Waals surface area contributed by atoms with E-state index in [-0.39, 0.29) is 42.0 Å². The summed E-state index contributed by atoms with van der Waals surface area (Å²) in [4.78, 5) is 4.65. The molecule has 45 heavy (non-hydrogen) atoms. The molecule has 0 aromatic heterocycles. The van der Waals surface area contributed by atoms with E-state index in [1.54, 1.807) is 0 Å². The van der Waals surface area contributed by atoms with Crippen LogP contribution in [0.2, 0.25) is 0 Å². The van der Waals surface area contributed by atoms with Crippen molar-refractivity contribution in [3.8, 4) is 5.75 Å². The first-order valence-electron chi connectivity index (χ1n) is 14.6. The van der Waals surface area contributed by atoms with Crippen molar-refractivity contribution in [1.82, 2.24) is 0 Å². The number of anilines is 2. The fourth-order valence-electron chi connectivity index (χ4n) is 5.17. The molecule has 1 aliphatic heterocycles. The van der Waals surface area contributed by atoms with E-state index in [1.807, 2.05) is 0 Å². The standard InChI is InChI=1S/C27H37N2.C8H4F6O.Au.H2/c1-18(2)22-11-9-12-23(19(3)4)26(22)28-15-16-29(17-28)27-24(20(5)6)13-10-14-25(27)21(7)8;9-7(10,11)4-1-5(8(12,13)14)3-6(15)2-4;;/h9-21H,1-8H3;1-3,15H;;1H/q;;+1;/p-1. The Morgan fingerprint density at radius 1 is 0.556 bits per heavy atom. The van der Waals surface area contributed by atoms with E-state index in [0.717, 1.165) is 0 Å². The number of benzene rings is 3. The molecule has 10 heteroatoms. The molecule has 0 fully saturated rings. The van der Waals surface area contributed by atoms with Gasteiger partial charge in [0.1, 0.15) is 0 Å². The average Bonchev–Trinajstić information content (AvgIpc) is 3.40. The number of halogens is 6. The van der Waals surface area contributed by atoms with Gasteiger partial charge in [0, 0.05) is 25.2 Å². The molecule has 0 saturated heterocycles. The number of hydrogen-bond donors (Lipinski definition) is 0. The maximum atomic E-state index is 12.0. The van der Waals surface area contributed by atoms with Crippen molar-refractivity contribution in [2.45, 2.75) is 91.4 Å². The van der Waals surface area contributed by atoms with Gasteiger partial charge >= 0.3 is 34.7 Å². The molecule has 0 unspecified atom stereocenters. The summed E-state index contributed by atoms with van der Waals surface area (Å²) >= 11 is 0. The molecule has 1 radical (unpaired) electrons. The van der Waals surface area contributed by atoms with Crippen molar-refractivity contribution in [1.29, 1.82) is 0 Å². The van der Waals surface area contributed by atoms with E-state index < -0.39 is 29.2 Å². The summed E-state index contributed by atoms with van der Waals surface area (Å²) in [6.07, 6.45) is -5.48. The fraction of sp³-hybridized carbons (Fsp3) is 0.400. The van der Waals surface area contributed by atoms with Crippen LogP contribution in [0.3, 0.4) is 0 Å². The summed E-state index contributed by atoms with van der Waals surface area (Å²) in [6.45, 7) is 20.5. The second kappa shape index (κ2) is 15.1. The zero-order valence-corrected chi connectivity index (χ0v) is 28.8. The summed E-state index contributed by atoms with van der Waals surface area (Å²) in [6, 6.07) is 13.7. The normalized spacial score (nSPS) is 13.6. The van der Waals surface area contributed by atoms with E-state index in [2.05, 4.69) is 121 Å². The van der Waals surface area contributed by atoms with E-state index in [1.165, 1.54) is 33.6 Å². The van der Waals surface area contributed by atoms with Crippen LogP contribution in [0.1, 0.15) is 114 Å². The monoisotopic (exact) mass is 817 g/mol. The van der Waals surface area contributed by atoms with E-state index >= 15 is 0 Å². The Bertz CT molecular complexity index is 1310. The van der Waals surface area contributed by atoms with Crippen molar-refractivity contribution in [3.05, 3.63) is 107 Å². The van der Waals surface area contributed by atoms with Crippen molar-refractivity contribution < 1.29 is 55.3 Å². The van der Waals surface area contributed by atoms with E-state index in [9.17, 15) is 31.4 Å². The van der Waals surface area contributed by atoms with Gasteiger partial charge in [-0.25, -0.2) is 0 Å². The Hall–Kier alpha value is -2.88. The molecule has 0 aliphatic carbocycles. The molecule has 3 aromatic carbocycles. The number of para-hydroxylation sites is 2. The minimum atomic E-state index is -4.96. The van der Waals surface area contributed by atoms with Crippen LogP contribution in [0, 0.1) is 6.67 Å². The van der Waals surface area contributed by atoms with Crippen molar-refractivity contribution in [2.24, 2.45) is 0 Å². The Labute approximate surface area is 279 Å². The molecular weight excluding hydrogens is 775 g/mol. The molecular formula is C35H42AuF6N2O. The zero-order chi connectivity index (χ0) is 33.1. The minimum absolute atomic E-state index is 0. The van der Waals surface area contributed by atoms with E-state index in [0.29, 0.717) is 23.7 Å². The summed E-state index contributed by atoms with van der Waals surface area (Å²) in [5.41, 5.74) is 5.10. The van der Waals surface area contributed by atoms with Crippen LogP contribution >= 0.6 is 0 Å². The molecule has 3 nitrogen and oxygen atoms in total. The molecule has 0 bridgehead atoms. The maximum Gasteiger partial charge on any atom is 1.00 e. The molecule has 0 amide bonds. The number of alkyl halides is 6. The van der Waals surface area contributed by atoms with Gasteiger partial charge in [-0.05, 0) is 52.0 Å². The molecule has 1 heterocycles. The van der Waals surface area contributed by atoms with Gasteiger partial charge in [0.2, 0.25) is 0 Å². The summed E-state index contributed by atoms with van der Waals surface area (Å²) in [5.74, 6) is 0.599. The third-order valence-corrected chi connectivity index (χ3v) is 7.40. The number of rotatable bonds is 6. The second-order valence-electron chi connectivity index (χ2n) is 12.2. The minimum Gasteiger partial charge on any atom is -0.872 e. The first kappa shape index (κ1) is 38.3. The van der Waals surface area contributed by atoms with Crippen LogP contribution < -0.4 is 14.9 Å². The third-order valence-electron chi connectivity index (χ3n) is 7.40. The molecule has 0 spiro atoms. The van der Waals surface area contributed by atoms with Crippen LogP contribution in [0.15, 0.2) is 67.0 Å². The summed E-state index contributed by atoms with van der Waals surface area (Å²) in [7, 11) is 0. The Kier molecular flexibility index (Phi) is 12.9. The molecule has 1 aliphatic rings.